The van der Waals surface area contributed by atoms with Crippen LogP contribution in [0.4, 0.5) is 11.4 Å². The normalized spacial score (nSPS) is 13.9. The Balaban J connectivity index is 1.56. The van der Waals surface area contributed by atoms with E-state index in [0.717, 1.165) is 11.3 Å². The van der Waals surface area contributed by atoms with E-state index in [9.17, 15) is 9.59 Å². The zero-order chi connectivity index (χ0) is 28.0. The van der Waals surface area contributed by atoms with Crippen LogP contribution in [0.15, 0.2) is 59.5 Å². The van der Waals surface area contributed by atoms with E-state index in [4.69, 9.17) is 9.47 Å². The standard InChI is InChI=1S/C30H39N5O4/c1-6-39-19-14-31-27-25(21-32-35(29(27)37)23-10-8-7-9-11-23)33-15-17-34(18-16-33)28(36)24-20-22(30(2,3)4)12-13-26(24)38-5/h7-13,20-21,31H,6,14-19H2,1-5H3. The zero-order valence-corrected chi connectivity index (χ0v) is 23.6. The molecule has 0 saturated carbocycles. The topological polar surface area (TPSA) is 88.9 Å². The highest BCUT2D eigenvalue weighted by atomic mass is 16.5. The highest BCUT2D eigenvalue weighted by molar-refractivity contribution is 5.97. The van der Waals surface area contributed by atoms with Crippen LogP contribution in [0.5, 0.6) is 5.75 Å². The number of carbonyl (C=O) groups excluding carboxylic acids is 1. The first-order valence-electron chi connectivity index (χ1n) is 13.5. The molecule has 39 heavy (non-hydrogen) atoms. The summed E-state index contributed by atoms with van der Waals surface area (Å²) in [6.45, 7) is 12.1. The molecule has 0 unspecified atom stereocenters. The number of nitrogens with one attached hydrogen (secondary N) is 1. The fourth-order valence-corrected chi connectivity index (χ4v) is 4.66. The number of rotatable bonds is 9. The summed E-state index contributed by atoms with van der Waals surface area (Å²) < 4.78 is 12.4. The van der Waals surface area contributed by atoms with Crippen LogP contribution >= 0.6 is 0 Å². The van der Waals surface area contributed by atoms with E-state index < -0.39 is 0 Å². The minimum absolute atomic E-state index is 0.0507. The van der Waals surface area contributed by atoms with Crippen molar-refractivity contribution in [1.29, 1.82) is 0 Å². The average Bonchev–Trinajstić information content (AvgIpc) is 2.95. The van der Waals surface area contributed by atoms with Gasteiger partial charge in [-0.2, -0.15) is 9.78 Å². The second kappa shape index (κ2) is 12.3. The van der Waals surface area contributed by atoms with Crippen LogP contribution in [0.3, 0.4) is 0 Å². The van der Waals surface area contributed by atoms with Gasteiger partial charge in [0.05, 0.1) is 36.9 Å². The largest absolute Gasteiger partial charge is 0.496 e. The summed E-state index contributed by atoms with van der Waals surface area (Å²) in [6.07, 6.45) is 1.73. The average molecular weight is 534 g/mol. The second-order valence-electron chi connectivity index (χ2n) is 10.5. The number of ether oxygens (including phenoxy) is 2. The van der Waals surface area contributed by atoms with Crippen LogP contribution in [0.2, 0.25) is 0 Å². The molecule has 0 aliphatic carbocycles. The molecular formula is C30H39N5O4. The third kappa shape index (κ3) is 6.42. The van der Waals surface area contributed by atoms with E-state index in [1.54, 1.807) is 13.3 Å². The molecule has 0 bridgehead atoms. The number of hydrogen-bond acceptors (Lipinski definition) is 7. The van der Waals surface area contributed by atoms with Crippen molar-refractivity contribution in [3.8, 4) is 11.4 Å². The zero-order valence-electron chi connectivity index (χ0n) is 23.6. The molecule has 1 saturated heterocycles. The molecule has 1 aromatic heterocycles. The predicted molar refractivity (Wildman–Crippen MR) is 155 cm³/mol. The molecule has 2 heterocycles. The molecule has 9 nitrogen and oxygen atoms in total. The Bertz CT molecular complexity index is 1330. The van der Waals surface area contributed by atoms with Gasteiger partial charge in [0.25, 0.3) is 11.5 Å². The first-order valence-corrected chi connectivity index (χ1v) is 13.5. The fraction of sp³-hybridized carbons (Fsp3) is 0.433. The second-order valence-corrected chi connectivity index (χ2v) is 10.5. The summed E-state index contributed by atoms with van der Waals surface area (Å²) in [5.41, 5.74) is 3.25. The highest BCUT2D eigenvalue weighted by Gasteiger charge is 2.28. The predicted octanol–water partition coefficient (Wildman–Crippen LogP) is 3.95. The van der Waals surface area contributed by atoms with Gasteiger partial charge in [-0.05, 0) is 42.2 Å². The van der Waals surface area contributed by atoms with Crippen LogP contribution in [0, 0.1) is 0 Å². The first-order chi connectivity index (χ1) is 18.7. The number of piperazine rings is 1. The number of nitrogens with zero attached hydrogens (tertiary/aromatic N) is 4. The maximum absolute atomic E-state index is 13.6. The molecule has 1 amide bonds. The lowest BCUT2D eigenvalue weighted by molar-refractivity contribution is 0.0743. The summed E-state index contributed by atoms with van der Waals surface area (Å²) in [6, 6.07) is 15.2. The number of para-hydroxylation sites is 1. The number of hydrogen-bond donors (Lipinski definition) is 1. The molecule has 9 heteroatoms. The number of methoxy groups -OCH3 is 1. The molecule has 1 aliphatic rings. The number of carbonyl (C=O) groups is 1. The lowest BCUT2D eigenvalue weighted by Gasteiger charge is -2.37. The Morgan fingerprint density at radius 1 is 1.05 bits per heavy atom. The molecule has 0 spiro atoms. The highest BCUT2D eigenvalue weighted by Crippen LogP contribution is 2.30. The number of amides is 1. The van der Waals surface area contributed by atoms with Crippen molar-refractivity contribution in [3.63, 3.8) is 0 Å². The third-order valence-corrected chi connectivity index (χ3v) is 6.91. The Morgan fingerprint density at radius 3 is 2.41 bits per heavy atom. The van der Waals surface area contributed by atoms with E-state index in [0.29, 0.717) is 68.6 Å². The molecule has 1 fully saturated rings. The Hall–Kier alpha value is -3.85. The van der Waals surface area contributed by atoms with Crippen LogP contribution < -0.4 is 20.5 Å². The van der Waals surface area contributed by atoms with Crippen molar-refractivity contribution in [2.75, 3.05) is 63.3 Å². The summed E-state index contributed by atoms with van der Waals surface area (Å²) in [4.78, 5) is 31.1. The third-order valence-electron chi connectivity index (χ3n) is 6.91. The van der Waals surface area contributed by atoms with Gasteiger partial charge in [-0.15, -0.1) is 0 Å². The van der Waals surface area contributed by atoms with Gasteiger partial charge < -0.3 is 24.6 Å². The Morgan fingerprint density at radius 2 is 1.77 bits per heavy atom. The minimum Gasteiger partial charge on any atom is -0.496 e. The monoisotopic (exact) mass is 533 g/mol. The van der Waals surface area contributed by atoms with Crippen molar-refractivity contribution < 1.29 is 14.3 Å². The molecule has 0 radical (unpaired) electrons. The van der Waals surface area contributed by atoms with Crippen molar-refractivity contribution in [2.45, 2.75) is 33.1 Å². The summed E-state index contributed by atoms with van der Waals surface area (Å²) in [5.74, 6) is 0.523. The summed E-state index contributed by atoms with van der Waals surface area (Å²) in [5, 5.41) is 7.76. The van der Waals surface area contributed by atoms with Crippen molar-refractivity contribution >= 4 is 17.3 Å². The van der Waals surface area contributed by atoms with Crippen molar-refractivity contribution in [3.05, 3.63) is 76.2 Å². The lowest BCUT2D eigenvalue weighted by Crippen LogP contribution is -2.49. The van der Waals surface area contributed by atoms with Crippen LogP contribution in [0.1, 0.15) is 43.6 Å². The SMILES string of the molecule is CCOCCNc1c(N2CCN(C(=O)c3cc(C(C)(C)C)ccc3OC)CC2)cnn(-c2ccccc2)c1=O. The van der Waals surface area contributed by atoms with Gasteiger partial charge in [0.1, 0.15) is 11.4 Å². The molecule has 0 atom stereocenters. The molecule has 3 aromatic rings. The fourth-order valence-electron chi connectivity index (χ4n) is 4.66. The van der Waals surface area contributed by atoms with Gasteiger partial charge in [-0.25, -0.2) is 0 Å². The molecule has 1 aliphatic heterocycles. The van der Waals surface area contributed by atoms with Gasteiger partial charge in [-0.1, -0.05) is 45.0 Å². The maximum Gasteiger partial charge on any atom is 0.296 e. The summed E-state index contributed by atoms with van der Waals surface area (Å²) >= 11 is 0. The van der Waals surface area contributed by atoms with Gasteiger partial charge in [0.15, 0.2) is 0 Å². The number of aromatic nitrogens is 2. The van der Waals surface area contributed by atoms with Crippen molar-refractivity contribution in [1.82, 2.24) is 14.7 Å². The Kier molecular flexibility index (Phi) is 8.91. The van der Waals surface area contributed by atoms with E-state index >= 15 is 0 Å². The number of anilines is 2. The number of benzene rings is 2. The quantitative estimate of drug-likeness (QED) is 0.417. The molecule has 4 rings (SSSR count). The van der Waals surface area contributed by atoms with E-state index in [1.807, 2.05) is 60.4 Å². The van der Waals surface area contributed by atoms with Gasteiger partial charge in [-0.3, -0.25) is 9.59 Å². The summed E-state index contributed by atoms with van der Waals surface area (Å²) in [7, 11) is 1.59. The lowest BCUT2D eigenvalue weighted by atomic mass is 9.86. The molecule has 1 N–H and O–H groups in total. The maximum atomic E-state index is 13.6. The van der Waals surface area contributed by atoms with Crippen LogP contribution in [0.25, 0.3) is 5.69 Å². The van der Waals surface area contributed by atoms with Crippen LogP contribution in [-0.2, 0) is 10.2 Å². The molecule has 208 valence electrons. The smallest absolute Gasteiger partial charge is 0.296 e. The molecule has 2 aromatic carbocycles. The van der Waals surface area contributed by atoms with Crippen molar-refractivity contribution in [2.24, 2.45) is 0 Å². The van der Waals surface area contributed by atoms with Gasteiger partial charge in [0.2, 0.25) is 0 Å². The minimum atomic E-state index is -0.225. The molecular weight excluding hydrogens is 494 g/mol. The van der Waals surface area contributed by atoms with Gasteiger partial charge >= 0.3 is 0 Å². The Labute approximate surface area is 230 Å². The van der Waals surface area contributed by atoms with E-state index in [2.05, 4.69) is 36.1 Å². The van der Waals surface area contributed by atoms with Crippen LogP contribution in [-0.4, -0.2) is 73.6 Å². The van der Waals surface area contributed by atoms with Gasteiger partial charge in [0, 0.05) is 39.3 Å². The van der Waals surface area contributed by atoms with E-state index in [-0.39, 0.29) is 16.9 Å². The first kappa shape index (κ1) is 28.2. The van der Waals surface area contributed by atoms with E-state index in [1.165, 1.54) is 4.68 Å².